The molecule has 3 rings (SSSR count). The number of ether oxygens (including phenoxy) is 2. The lowest BCUT2D eigenvalue weighted by Crippen LogP contribution is -2.15. The van der Waals surface area contributed by atoms with Crippen LogP contribution >= 0.6 is 11.3 Å². The molecule has 4 heteroatoms. The van der Waals surface area contributed by atoms with Crippen LogP contribution in [0.2, 0.25) is 0 Å². The highest BCUT2D eigenvalue weighted by atomic mass is 32.1. The number of thiophene rings is 1. The van der Waals surface area contributed by atoms with E-state index in [2.05, 4.69) is 17.5 Å². The van der Waals surface area contributed by atoms with Crippen molar-refractivity contribution < 1.29 is 14.6 Å². The second kappa shape index (κ2) is 6.29. The molecule has 3 nitrogen and oxygen atoms in total. The molecule has 20 heavy (non-hydrogen) atoms. The van der Waals surface area contributed by atoms with E-state index in [4.69, 9.17) is 9.47 Å². The van der Waals surface area contributed by atoms with Gasteiger partial charge in [0.15, 0.2) is 11.5 Å². The molecule has 0 aliphatic carbocycles. The van der Waals surface area contributed by atoms with Crippen LogP contribution in [0.25, 0.3) is 0 Å². The number of hydrogen-bond donors (Lipinski definition) is 1. The third-order valence-corrected chi connectivity index (χ3v) is 4.37. The fourth-order valence-corrected chi connectivity index (χ4v) is 3.11. The van der Waals surface area contributed by atoms with E-state index in [9.17, 15) is 5.11 Å². The fourth-order valence-electron chi connectivity index (χ4n) is 2.36. The van der Waals surface area contributed by atoms with Gasteiger partial charge in [0.1, 0.15) is 13.2 Å². The van der Waals surface area contributed by atoms with Crippen LogP contribution in [-0.2, 0) is 6.42 Å². The lowest BCUT2D eigenvalue weighted by Gasteiger charge is -2.20. The van der Waals surface area contributed by atoms with Gasteiger partial charge in [0, 0.05) is 4.88 Å². The van der Waals surface area contributed by atoms with E-state index in [1.807, 2.05) is 18.2 Å². The zero-order valence-electron chi connectivity index (χ0n) is 11.2. The Morgan fingerprint density at radius 2 is 2.00 bits per heavy atom. The van der Waals surface area contributed by atoms with Crippen LogP contribution in [0, 0.1) is 0 Å². The maximum atomic E-state index is 10.3. The van der Waals surface area contributed by atoms with Gasteiger partial charge in [-0.15, -0.1) is 11.3 Å². The van der Waals surface area contributed by atoms with Gasteiger partial charge in [-0.05, 0) is 48.4 Å². The Morgan fingerprint density at radius 1 is 1.15 bits per heavy atom. The summed E-state index contributed by atoms with van der Waals surface area (Å²) < 4.78 is 11.0. The van der Waals surface area contributed by atoms with Crippen LogP contribution in [0.15, 0.2) is 35.7 Å². The number of aliphatic hydroxyl groups excluding tert-OH is 1. The van der Waals surface area contributed by atoms with E-state index < -0.39 is 6.10 Å². The highest BCUT2D eigenvalue weighted by molar-refractivity contribution is 7.09. The highest BCUT2D eigenvalue weighted by Gasteiger charge is 2.15. The molecule has 2 aromatic rings. The Labute approximate surface area is 122 Å². The topological polar surface area (TPSA) is 38.7 Å². The van der Waals surface area contributed by atoms with Crippen molar-refractivity contribution in [1.82, 2.24) is 0 Å². The molecule has 1 aromatic carbocycles. The fraction of sp³-hybridized carbons (Fsp3) is 0.375. The minimum absolute atomic E-state index is 0.439. The van der Waals surface area contributed by atoms with Crippen LogP contribution in [0.4, 0.5) is 0 Å². The van der Waals surface area contributed by atoms with Crippen molar-refractivity contribution >= 4 is 11.3 Å². The summed E-state index contributed by atoms with van der Waals surface area (Å²) in [6.07, 6.45) is 2.33. The summed E-state index contributed by atoms with van der Waals surface area (Å²) in [5, 5.41) is 12.3. The number of aliphatic hydroxyl groups is 1. The van der Waals surface area contributed by atoms with E-state index in [0.29, 0.717) is 13.2 Å². The number of fused-ring (bicyclic) bond motifs is 1. The van der Waals surface area contributed by atoms with Gasteiger partial charge in [-0.2, -0.15) is 0 Å². The zero-order chi connectivity index (χ0) is 13.8. The van der Waals surface area contributed by atoms with Gasteiger partial charge < -0.3 is 14.6 Å². The molecular weight excluding hydrogens is 272 g/mol. The van der Waals surface area contributed by atoms with Crippen molar-refractivity contribution in [3.05, 3.63) is 46.2 Å². The lowest BCUT2D eigenvalue weighted by atomic mass is 10.0. The lowest BCUT2D eigenvalue weighted by molar-refractivity contribution is 0.158. The molecule has 106 valence electrons. The van der Waals surface area contributed by atoms with Crippen LogP contribution < -0.4 is 9.47 Å². The standard InChI is InChI=1S/C16H18O3S/c17-14(5-1-3-13-4-2-10-20-13)12-6-7-15-16(11-12)19-9-8-18-15/h2,4,6-7,10-11,14,17H,1,3,5,8-9H2. The molecule has 1 aromatic heterocycles. The average Bonchev–Trinajstić information content (AvgIpc) is 3.00. The summed E-state index contributed by atoms with van der Waals surface area (Å²) in [7, 11) is 0. The van der Waals surface area contributed by atoms with E-state index >= 15 is 0 Å². The van der Waals surface area contributed by atoms with E-state index in [-0.39, 0.29) is 0 Å². The first-order chi connectivity index (χ1) is 9.83. The van der Waals surface area contributed by atoms with Crippen molar-refractivity contribution in [3.8, 4) is 11.5 Å². The maximum Gasteiger partial charge on any atom is 0.161 e. The molecule has 1 N–H and O–H groups in total. The largest absolute Gasteiger partial charge is 0.486 e. The van der Waals surface area contributed by atoms with Gasteiger partial charge in [-0.3, -0.25) is 0 Å². The molecule has 0 spiro atoms. The molecule has 2 heterocycles. The zero-order valence-corrected chi connectivity index (χ0v) is 12.1. The average molecular weight is 290 g/mol. The predicted octanol–water partition coefficient (Wildman–Crippen LogP) is 3.58. The minimum Gasteiger partial charge on any atom is -0.486 e. The third kappa shape index (κ3) is 3.14. The molecule has 0 saturated heterocycles. The van der Waals surface area contributed by atoms with Gasteiger partial charge in [0.25, 0.3) is 0 Å². The molecule has 1 unspecified atom stereocenters. The Kier molecular flexibility index (Phi) is 4.23. The Hall–Kier alpha value is -1.52. The van der Waals surface area contributed by atoms with Crippen LogP contribution in [-0.4, -0.2) is 18.3 Å². The Balaban J connectivity index is 1.57. The Bertz CT molecular complexity index is 551. The van der Waals surface area contributed by atoms with Crippen LogP contribution in [0.5, 0.6) is 11.5 Å². The van der Waals surface area contributed by atoms with E-state index in [1.165, 1.54) is 4.88 Å². The summed E-state index contributed by atoms with van der Waals surface area (Å²) in [5.74, 6) is 1.51. The first-order valence-electron chi connectivity index (χ1n) is 6.93. The van der Waals surface area contributed by atoms with Crippen LogP contribution in [0.3, 0.4) is 0 Å². The van der Waals surface area contributed by atoms with Crippen molar-refractivity contribution in [1.29, 1.82) is 0 Å². The van der Waals surface area contributed by atoms with Gasteiger partial charge in [0.2, 0.25) is 0 Å². The summed E-state index contributed by atoms with van der Waals surface area (Å²) in [4.78, 5) is 1.37. The normalized spacial score (nSPS) is 15.1. The minimum atomic E-state index is -0.439. The summed E-state index contributed by atoms with van der Waals surface area (Å²) in [6, 6.07) is 9.90. The molecule has 1 atom stereocenters. The highest BCUT2D eigenvalue weighted by Crippen LogP contribution is 2.33. The second-order valence-corrected chi connectivity index (χ2v) is 5.92. The summed E-state index contributed by atoms with van der Waals surface area (Å²) >= 11 is 1.77. The second-order valence-electron chi connectivity index (χ2n) is 4.89. The monoisotopic (exact) mass is 290 g/mol. The van der Waals surface area contributed by atoms with Crippen molar-refractivity contribution in [2.24, 2.45) is 0 Å². The van der Waals surface area contributed by atoms with Gasteiger partial charge in [-0.25, -0.2) is 0 Å². The molecule has 0 saturated carbocycles. The third-order valence-electron chi connectivity index (χ3n) is 3.43. The molecule has 0 radical (unpaired) electrons. The molecule has 0 amide bonds. The van der Waals surface area contributed by atoms with Crippen molar-refractivity contribution in [2.75, 3.05) is 13.2 Å². The van der Waals surface area contributed by atoms with Gasteiger partial charge in [0.05, 0.1) is 6.10 Å². The van der Waals surface area contributed by atoms with Crippen molar-refractivity contribution in [2.45, 2.75) is 25.4 Å². The van der Waals surface area contributed by atoms with E-state index in [1.54, 1.807) is 11.3 Å². The molecular formula is C16H18O3S. The molecule has 0 fully saturated rings. The number of benzene rings is 1. The number of aryl methyl sites for hydroxylation is 1. The maximum absolute atomic E-state index is 10.3. The summed E-state index contributed by atoms with van der Waals surface area (Å²) in [5.41, 5.74) is 0.903. The van der Waals surface area contributed by atoms with Gasteiger partial charge in [-0.1, -0.05) is 12.1 Å². The number of rotatable bonds is 5. The molecule has 0 bridgehead atoms. The molecule has 1 aliphatic rings. The quantitative estimate of drug-likeness (QED) is 0.915. The first kappa shape index (κ1) is 13.5. The number of hydrogen-bond acceptors (Lipinski definition) is 4. The SMILES string of the molecule is OC(CCCc1cccs1)c1ccc2c(c1)OCCO2. The smallest absolute Gasteiger partial charge is 0.161 e. The van der Waals surface area contributed by atoms with E-state index in [0.717, 1.165) is 36.3 Å². The predicted molar refractivity (Wildman–Crippen MR) is 79.6 cm³/mol. The molecule has 1 aliphatic heterocycles. The van der Waals surface area contributed by atoms with Gasteiger partial charge >= 0.3 is 0 Å². The summed E-state index contributed by atoms with van der Waals surface area (Å²) in [6.45, 7) is 1.17. The Morgan fingerprint density at radius 3 is 2.80 bits per heavy atom. The van der Waals surface area contributed by atoms with Crippen LogP contribution in [0.1, 0.15) is 29.4 Å². The first-order valence-corrected chi connectivity index (χ1v) is 7.81. The van der Waals surface area contributed by atoms with Crippen molar-refractivity contribution in [3.63, 3.8) is 0 Å².